The van der Waals surface area contributed by atoms with Gasteiger partial charge in [-0.3, -0.25) is 0 Å². The van der Waals surface area contributed by atoms with E-state index in [2.05, 4.69) is 6.92 Å². The zero-order valence-electron chi connectivity index (χ0n) is 18.6. The monoisotopic (exact) mass is 428 g/mol. The van der Waals surface area contributed by atoms with E-state index in [4.69, 9.17) is 18.9 Å². The maximum atomic E-state index is 11.2. The van der Waals surface area contributed by atoms with E-state index in [1.807, 2.05) is 24.3 Å². The number of unbranched alkanes of at least 4 members (excludes halogenated alkanes) is 2. The van der Waals surface area contributed by atoms with E-state index in [-0.39, 0.29) is 12.4 Å². The molecule has 0 aliphatic heterocycles. The minimum atomic E-state index is -1.11. The smallest absolute Gasteiger partial charge is 0.371 e. The number of carboxylic acids is 1. The quantitative estimate of drug-likeness (QED) is 0.248. The van der Waals surface area contributed by atoms with Crippen LogP contribution in [0.25, 0.3) is 6.08 Å². The molecule has 0 aliphatic rings. The van der Waals surface area contributed by atoms with Crippen molar-refractivity contribution in [2.75, 3.05) is 26.9 Å². The molecule has 0 unspecified atom stereocenters. The van der Waals surface area contributed by atoms with Gasteiger partial charge in [-0.2, -0.15) is 0 Å². The van der Waals surface area contributed by atoms with Crippen LogP contribution in [0.4, 0.5) is 0 Å². The highest BCUT2D eigenvalue weighted by Crippen LogP contribution is 2.29. The van der Waals surface area contributed by atoms with Crippen molar-refractivity contribution >= 4 is 12.0 Å². The molecule has 1 N–H and O–H groups in total. The SMILES string of the molecule is CCCCCOc1ccc(CCOc2ccc(C=C(OCC)C(=O)O)cc2OC)cc1. The number of ether oxygens (including phenoxy) is 4. The minimum absolute atomic E-state index is 0.115. The van der Waals surface area contributed by atoms with Gasteiger partial charge in [-0.15, -0.1) is 0 Å². The first-order valence-corrected chi connectivity index (χ1v) is 10.7. The number of aliphatic carboxylic acids is 1. The summed E-state index contributed by atoms with van der Waals surface area (Å²) in [5, 5.41) is 9.20. The maximum absolute atomic E-state index is 11.2. The fraction of sp³-hybridized carbons (Fsp3) is 0.400. The van der Waals surface area contributed by atoms with Crippen LogP contribution in [-0.4, -0.2) is 38.0 Å². The Kier molecular flexibility index (Phi) is 10.3. The summed E-state index contributed by atoms with van der Waals surface area (Å²) in [7, 11) is 1.55. The predicted molar refractivity (Wildman–Crippen MR) is 121 cm³/mol. The van der Waals surface area contributed by atoms with Crippen molar-refractivity contribution < 1.29 is 28.8 Å². The van der Waals surface area contributed by atoms with Crippen LogP contribution in [0.15, 0.2) is 48.2 Å². The minimum Gasteiger partial charge on any atom is -0.494 e. The summed E-state index contributed by atoms with van der Waals surface area (Å²) in [4.78, 5) is 11.2. The second-order valence-electron chi connectivity index (χ2n) is 6.96. The second kappa shape index (κ2) is 13.2. The maximum Gasteiger partial charge on any atom is 0.371 e. The van der Waals surface area contributed by atoms with Gasteiger partial charge in [0.2, 0.25) is 5.76 Å². The first-order valence-electron chi connectivity index (χ1n) is 10.7. The summed E-state index contributed by atoms with van der Waals surface area (Å²) >= 11 is 0. The molecule has 2 rings (SSSR count). The molecule has 6 heteroatoms. The third kappa shape index (κ3) is 8.24. The molecule has 168 valence electrons. The van der Waals surface area contributed by atoms with Gasteiger partial charge in [-0.25, -0.2) is 4.79 Å². The molecule has 0 spiro atoms. The average Bonchev–Trinajstić information content (AvgIpc) is 2.78. The standard InChI is InChI=1S/C25H32O6/c1-4-6-7-15-30-21-11-8-19(9-12-21)14-16-31-22-13-10-20(17-23(22)28-3)18-24(25(26)27)29-5-2/h8-13,17-18H,4-7,14-16H2,1-3H3,(H,26,27). The number of benzene rings is 2. The summed E-state index contributed by atoms with van der Waals surface area (Å²) in [6.07, 6.45) is 5.65. The molecule has 0 bridgehead atoms. The number of methoxy groups -OCH3 is 1. The topological polar surface area (TPSA) is 74.2 Å². The van der Waals surface area contributed by atoms with Gasteiger partial charge < -0.3 is 24.1 Å². The van der Waals surface area contributed by atoms with E-state index in [0.29, 0.717) is 23.7 Å². The van der Waals surface area contributed by atoms with Gasteiger partial charge >= 0.3 is 5.97 Å². The van der Waals surface area contributed by atoms with Gasteiger partial charge in [0.15, 0.2) is 11.5 Å². The van der Waals surface area contributed by atoms with Crippen LogP contribution in [0.5, 0.6) is 17.2 Å². The molecule has 0 radical (unpaired) electrons. The zero-order valence-corrected chi connectivity index (χ0v) is 18.6. The van der Waals surface area contributed by atoms with Crippen molar-refractivity contribution in [3.05, 3.63) is 59.4 Å². The summed E-state index contributed by atoms with van der Waals surface area (Å²) in [5.74, 6) is 0.794. The van der Waals surface area contributed by atoms with E-state index < -0.39 is 5.97 Å². The zero-order chi connectivity index (χ0) is 22.5. The third-order valence-electron chi connectivity index (χ3n) is 4.58. The Bertz CT molecular complexity index is 842. The highest BCUT2D eigenvalue weighted by Gasteiger charge is 2.10. The van der Waals surface area contributed by atoms with Crippen LogP contribution in [0.1, 0.15) is 44.2 Å². The molecule has 2 aromatic rings. The number of rotatable bonds is 14. The van der Waals surface area contributed by atoms with E-state index in [1.54, 1.807) is 32.2 Å². The highest BCUT2D eigenvalue weighted by atomic mass is 16.5. The first kappa shape index (κ1) is 24.1. The molecule has 0 amide bonds. The first-order chi connectivity index (χ1) is 15.1. The number of carboxylic acid groups (broad SMARTS) is 1. The fourth-order valence-electron chi connectivity index (χ4n) is 2.94. The molecule has 0 aromatic heterocycles. The van der Waals surface area contributed by atoms with Crippen LogP contribution >= 0.6 is 0 Å². The number of carbonyl (C=O) groups is 1. The van der Waals surface area contributed by atoms with Gasteiger partial charge in [-0.1, -0.05) is 38.0 Å². The van der Waals surface area contributed by atoms with E-state index >= 15 is 0 Å². The summed E-state index contributed by atoms with van der Waals surface area (Å²) in [6, 6.07) is 13.3. The molecular weight excluding hydrogens is 396 g/mol. The molecule has 0 aliphatic carbocycles. The Morgan fingerprint density at radius 1 is 0.968 bits per heavy atom. The van der Waals surface area contributed by atoms with Gasteiger partial charge in [-0.05, 0) is 54.8 Å². The molecule has 0 heterocycles. The van der Waals surface area contributed by atoms with Crippen LogP contribution in [0.2, 0.25) is 0 Å². The van der Waals surface area contributed by atoms with Gasteiger partial charge in [0.05, 0.1) is 26.9 Å². The Morgan fingerprint density at radius 3 is 2.39 bits per heavy atom. The lowest BCUT2D eigenvalue weighted by molar-refractivity contribution is -0.136. The van der Waals surface area contributed by atoms with Crippen molar-refractivity contribution in [3.8, 4) is 17.2 Å². The predicted octanol–water partition coefficient (Wildman–Crippen LogP) is 5.35. The van der Waals surface area contributed by atoms with Crippen molar-refractivity contribution in [3.63, 3.8) is 0 Å². The van der Waals surface area contributed by atoms with Crippen LogP contribution in [0, 0.1) is 0 Å². The van der Waals surface area contributed by atoms with Crippen LogP contribution in [0.3, 0.4) is 0 Å². The lowest BCUT2D eigenvalue weighted by Crippen LogP contribution is -2.05. The molecule has 6 nitrogen and oxygen atoms in total. The van der Waals surface area contributed by atoms with E-state index in [9.17, 15) is 9.90 Å². The Morgan fingerprint density at radius 2 is 1.74 bits per heavy atom. The van der Waals surface area contributed by atoms with Crippen molar-refractivity contribution in [2.24, 2.45) is 0 Å². The summed E-state index contributed by atoms with van der Waals surface area (Å²) < 4.78 is 22.2. The molecule has 2 aromatic carbocycles. The normalized spacial score (nSPS) is 11.1. The Hall–Kier alpha value is -3.15. The highest BCUT2D eigenvalue weighted by molar-refractivity contribution is 5.90. The summed E-state index contributed by atoms with van der Waals surface area (Å²) in [5.41, 5.74) is 1.81. The second-order valence-corrected chi connectivity index (χ2v) is 6.96. The molecule has 0 atom stereocenters. The lowest BCUT2D eigenvalue weighted by Gasteiger charge is -2.12. The largest absolute Gasteiger partial charge is 0.494 e. The lowest BCUT2D eigenvalue weighted by atomic mass is 10.1. The van der Waals surface area contributed by atoms with Crippen LogP contribution in [-0.2, 0) is 16.0 Å². The summed E-state index contributed by atoms with van der Waals surface area (Å²) in [6.45, 7) is 5.43. The van der Waals surface area contributed by atoms with Crippen LogP contribution < -0.4 is 14.2 Å². The van der Waals surface area contributed by atoms with Crippen molar-refractivity contribution in [1.82, 2.24) is 0 Å². The van der Waals surface area contributed by atoms with E-state index in [1.165, 1.54) is 18.9 Å². The van der Waals surface area contributed by atoms with Gasteiger partial charge in [0.25, 0.3) is 0 Å². The van der Waals surface area contributed by atoms with Gasteiger partial charge in [0.1, 0.15) is 5.75 Å². The number of hydrogen-bond donors (Lipinski definition) is 1. The molecule has 31 heavy (non-hydrogen) atoms. The van der Waals surface area contributed by atoms with Gasteiger partial charge in [0, 0.05) is 6.42 Å². The number of hydrogen-bond acceptors (Lipinski definition) is 5. The molecule has 0 fully saturated rings. The van der Waals surface area contributed by atoms with Crippen molar-refractivity contribution in [2.45, 2.75) is 39.5 Å². The van der Waals surface area contributed by atoms with E-state index in [0.717, 1.165) is 30.8 Å². The Balaban J connectivity index is 1.91. The average molecular weight is 429 g/mol. The fourth-order valence-corrected chi connectivity index (χ4v) is 2.94. The van der Waals surface area contributed by atoms with Crippen molar-refractivity contribution in [1.29, 1.82) is 0 Å². The molecular formula is C25H32O6. The third-order valence-corrected chi connectivity index (χ3v) is 4.58. The molecule has 0 saturated heterocycles. The Labute approximate surface area is 184 Å². The molecule has 0 saturated carbocycles.